The summed E-state index contributed by atoms with van der Waals surface area (Å²) in [7, 11) is 1.62. The lowest BCUT2D eigenvalue weighted by Gasteiger charge is -2.20. The van der Waals surface area contributed by atoms with E-state index in [1.807, 2.05) is 24.3 Å². The minimum absolute atomic E-state index is 0.00168. The number of likely N-dealkylation sites (tertiary alicyclic amines) is 1. The standard InChI is InChI=1S/C19H29N3O3/c1-3-4-5-16(11-20)21-19(24)15-10-18(23)22(13-15)12-14-6-8-17(25-2)9-7-14/h6-9,15-16H,3-5,10-13,20H2,1-2H3,(H,21,24). The largest absolute Gasteiger partial charge is 0.497 e. The number of nitrogens with zero attached hydrogens (tertiary/aromatic N) is 1. The highest BCUT2D eigenvalue weighted by atomic mass is 16.5. The van der Waals surface area contributed by atoms with Crippen molar-refractivity contribution in [1.29, 1.82) is 0 Å². The van der Waals surface area contributed by atoms with Gasteiger partial charge >= 0.3 is 0 Å². The average Bonchev–Trinajstić information content (AvgIpc) is 2.99. The van der Waals surface area contributed by atoms with Crippen LogP contribution in [0.25, 0.3) is 0 Å². The number of methoxy groups -OCH3 is 1. The SMILES string of the molecule is CCCCC(CN)NC(=O)C1CC(=O)N(Cc2ccc(OC)cc2)C1. The third-order valence-corrected chi connectivity index (χ3v) is 4.65. The van der Waals surface area contributed by atoms with E-state index in [1.54, 1.807) is 12.0 Å². The second kappa shape index (κ2) is 9.42. The minimum atomic E-state index is -0.290. The monoisotopic (exact) mass is 347 g/mol. The molecule has 2 amide bonds. The van der Waals surface area contributed by atoms with Gasteiger partial charge in [0, 0.05) is 32.1 Å². The third kappa shape index (κ3) is 5.46. The van der Waals surface area contributed by atoms with E-state index in [0.29, 0.717) is 19.6 Å². The molecule has 0 saturated carbocycles. The van der Waals surface area contributed by atoms with Gasteiger partial charge in [0.15, 0.2) is 0 Å². The molecule has 0 radical (unpaired) electrons. The number of nitrogens with two attached hydrogens (primary N) is 1. The number of amides is 2. The van der Waals surface area contributed by atoms with Crippen molar-refractivity contribution in [3.63, 3.8) is 0 Å². The number of benzene rings is 1. The molecule has 6 nitrogen and oxygen atoms in total. The van der Waals surface area contributed by atoms with E-state index in [2.05, 4.69) is 12.2 Å². The summed E-state index contributed by atoms with van der Waals surface area (Å²) in [5.41, 5.74) is 6.76. The normalized spacial score (nSPS) is 18.3. The Morgan fingerprint density at radius 2 is 2.12 bits per heavy atom. The molecule has 1 aromatic carbocycles. The lowest BCUT2D eigenvalue weighted by atomic mass is 10.1. The van der Waals surface area contributed by atoms with Crippen LogP contribution in [0.1, 0.15) is 38.2 Å². The molecule has 0 bridgehead atoms. The summed E-state index contributed by atoms with van der Waals surface area (Å²) < 4.78 is 5.14. The predicted molar refractivity (Wildman–Crippen MR) is 97.0 cm³/mol. The molecule has 0 aromatic heterocycles. The van der Waals surface area contributed by atoms with E-state index in [1.165, 1.54) is 0 Å². The number of carbonyl (C=O) groups excluding carboxylic acids is 2. The molecule has 1 heterocycles. The summed E-state index contributed by atoms with van der Waals surface area (Å²) in [6.07, 6.45) is 3.27. The first-order valence-corrected chi connectivity index (χ1v) is 8.98. The van der Waals surface area contributed by atoms with Crippen molar-refractivity contribution in [3.8, 4) is 5.75 Å². The molecule has 2 rings (SSSR count). The molecule has 138 valence electrons. The van der Waals surface area contributed by atoms with Gasteiger partial charge in [-0.3, -0.25) is 9.59 Å². The molecule has 1 saturated heterocycles. The molecule has 1 aliphatic rings. The van der Waals surface area contributed by atoms with Gasteiger partial charge in [0.1, 0.15) is 5.75 Å². The molecular weight excluding hydrogens is 318 g/mol. The van der Waals surface area contributed by atoms with Crippen LogP contribution >= 0.6 is 0 Å². The van der Waals surface area contributed by atoms with Crippen LogP contribution in [0.2, 0.25) is 0 Å². The number of rotatable bonds is 9. The van der Waals surface area contributed by atoms with Gasteiger partial charge in [-0.05, 0) is 24.1 Å². The van der Waals surface area contributed by atoms with E-state index < -0.39 is 0 Å². The van der Waals surface area contributed by atoms with E-state index >= 15 is 0 Å². The van der Waals surface area contributed by atoms with Crippen molar-refractivity contribution in [3.05, 3.63) is 29.8 Å². The second-order valence-electron chi connectivity index (χ2n) is 6.61. The number of hydrogen-bond acceptors (Lipinski definition) is 4. The van der Waals surface area contributed by atoms with Crippen molar-refractivity contribution < 1.29 is 14.3 Å². The minimum Gasteiger partial charge on any atom is -0.497 e. The van der Waals surface area contributed by atoms with E-state index in [-0.39, 0.29) is 30.2 Å². The van der Waals surface area contributed by atoms with Crippen molar-refractivity contribution in [2.45, 2.75) is 45.2 Å². The second-order valence-corrected chi connectivity index (χ2v) is 6.61. The topological polar surface area (TPSA) is 84.7 Å². The summed E-state index contributed by atoms with van der Waals surface area (Å²) in [5.74, 6) is 0.459. The number of nitrogens with one attached hydrogen (secondary N) is 1. The predicted octanol–water partition coefficient (Wildman–Crippen LogP) is 1.68. The van der Waals surface area contributed by atoms with Crippen LogP contribution in [0.15, 0.2) is 24.3 Å². The molecule has 0 spiro atoms. The molecule has 1 fully saturated rings. The van der Waals surface area contributed by atoms with Crippen molar-refractivity contribution in [2.75, 3.05) is 20.2 Å². The Morgan fingerprint density at radius 3 is 2.72 bits per heavy atom. The summed E-state index contributed by atoms with van der Waals surface area (Å²) in [6.45, 7) is 3.52. The highest BCUT2D eigenvalue weighted by Gasteiger charge is 2.34. The molecule has 2 unspecified atom stereocenters. The number of hydrogen-bond donors (Lipinski definition) is 2. The van der Waals surface area contributed by atoms with Crippen LogP contribution in [-0.2, 0) is 16.1 Å². The number of unbranched alkanes of at least 4 members (excludes halogenated alkanes) is 1. The van der Waals surface area contributed by atoms with Gasteiger partial charge in [0.25, 0.3) is 0 Å². The van der Waals surface area contributed by atoms with Crippen molar-refractivity contribution in [1.82, 2.24) is 10.2 Å². The molecule has 2 atom stereocenters. The maximum atomic E-state index is 12.4. The maximum absolute atomic E-state index is 12.4. The zero-order valence-corrected chi connectivity index (χ0v) is 15.2. The zero-order valence-electron chi connectivity index (χ0n) is 15.2. The van der Waals surface area contributed by atoms with Crippen LogP contribution in [0.5, 0.6) is 5.75 Å². The van der Waals surface area contributed by atoms with E-state index in [0.717, 1.165) is 30.6 Å². The van der Waals surface area contributed by atoms with Crippen LogP contribution in [-0.4, -0.2) is 43.0 Å². The summed E-state index contributed by atoms with van der Waals surface area (Å²) in [5, 5.41) is 3.00. The van der Waals surface area contributed by atoms with Gasteiger partial charge in [-0.2, -0.15) is 0 Å². The van der Waals surface area contributed by atoms with Gasteiger partial charge in [-0.1, -0.05) is 31.9 Å². The van der Waals surface area contributed by atoms with Gasteiger partial charge in [-0.25, -0.2) is 0 Å². The van der Waals surface area contributed by atoms with E-state index in [9.17, 15) is 9.59 Å². The van der Waals surface area contributed by atoms with Gasteiger partial charge in [0.2, 0.25) is 11.8 Å². The Bertz CT molecular complexity index is 574. The number of ether oxygens (including phenoxy) is 1. The highest BCUT2D eigenvalue weighted by molar-refractivity contribution is 5.89. The fraction of sp³-hybridized carbons (Fsp3) is 0.579. The Hall–Kier alpha value is -2.08. The quantitative estimate of drug-likeness (QED) is 0.712. The molecule has 25 heavy (non-hydrogen) atoms. The zero-order chi connectivity index (χ0) is 18.2. The van der Waals surface area contributed by atoms with Crippen LogP contribution in [0.3, 0.4) is 0 Å². The molecular formula is C19H29N3O3. The Kier molecular flexibility index (Phi) is 7.25. The van der Waals surface area contributed by atoms with Gasteiger partial charge in [0.05, 0.1) is 13.0 Å². The van der Waals surface area contributed by atoms with E-state index in [4.69, 9.17) is 10.5 Å². The Balaban J connectivity index is 1.88. The van der Waals surface area contributed by atoms with Gasteiger partial charge in [-0.15, -0.1) is 0 Å². The first kappa shape index (κ1) is 19.2. The van der Waals surface area contributed by atoms with Crippen LogP contribution in [0, 0.1) is 5.92 Å². The lowest BCUT2D eigenvalue weighted by molar-refractivity contribution is -0.129. The summed E-state index contributed by atoms with van der Waals surface area (Å²) >= 11 is 0. The Labute approximate surface area is 149 Å². The van der Waals surface area contributed by atoms with Gasteiger partial charge < -0.3 is 20.7 Å². The molecule has 0 aliphatic carbocycles. The van der Waals surface area contributed by atoms with Crippen molar-refractivity contribution >= 4 is 11.8 Å². The number of carbonyl (C=O) groups is 2. The summed E-state index contributed by atoms with van der Waals surface area (Å²) in [4.78, 5) is 26.4. The van der Waals surface area contributed by atoms with Crippen LogP contribution < -0.4 is 15.8 Å². The molecule has 1 aromatic rings. The maximum Gasteiger partial charge on any atom is 0.225 e. The van der Waals surface area contributed by atoms with Crippen molar-refractivity contribution in [2.24, 2.45) is 11.7 Å². The first-order valence-electron chi connectivity index (χ1n) is 8.98. The Morgan fingerprint density at radius 1 is 1.40 bits per heavy atom. The highest BCUT2D eigenvalue weighted by Crippen LogP contribution is 2.21. The smallest absolute Gasteiger partial charge is 0.225 e. The molecule has 3 N–H and O–H groups in total. The lowest BCUT2D eigenvalue weighted by Crippen LogP contribution is -2.43. The summed E-state index contributed by atoms with van der Waals surface area (Å²) in [6, 6.07) is 7.63. The molecule has 6 heteroatoms. The molecule has 1 aliphatic heterocycles. The fourth-order valence-electron chi connectivity index (χ4n) is 3.07. The fourth-order valence-corrected chi connectivity index (χ4v) is 3.07. The first-order chi connectivity index (χ1) is 12.1. The average molecular weight is 347 g/mol. The van der Waals surface area contributed by atoms with Crippen LogP contribution in [0.4, 0.5) is 0 Å². The third-order valence-electron chi connectivity index (χ3n) is 4.65.